The van der Waals surface area contributed by atoms with Crippen LogP contribution in [0.2, 0.25) is 0 Å². The maximum atomic E-state index is 11.4. The quantitative estimate of drug-likeness (QED) is 0.669. The van der Waals surface area contributed by atoms with Gasteiger partial charge in [-0.15, -0.1) is 0 Å². The molecule has 0 spiro atoms. The average Bonchev–Trinajstić information content (AvgIpc) is 2.80. The van der Waals surface area contributed by atoms with Gasteiger partial charge in [-0.25, -0.2) is 0 Å². The van der Waals surface area contributed by atoms with Crippen molar-refractivity contribution in [3.63, 3.8) is 0 Å². The molecule has 2 aliphatic rings. The van der Waals surface area contributed by atoms with Gasteiger partial charge in [-0.3, -0.25) is 4.79 Å². The van der Waals surface area contributed by atoms with Crippen molar-refractivity contribution in [3.05, 3.63) is 0 Å². The molecule has 0 aromatic carbocycles. The molecule has 0 aromatic rings. The van der Waals surface area contributed by atoms with Gasteiger partial charge in [-0.05, 0) is 25.7 Å². The highest BCUT2D eigenvalue weighted by molar-refractivity contribution is 5.79. The van der Waals surface area contributed by atoms with Crippen LogP contribution in [0.3, 0.4) is 0 Å². The molecule has 1 aliphatic heterocycles. The highest BCUT2D eigenvalue weighted by Crippen LogP contribution is 2.34. The lowest BCUT2D eigenvalue weighted by Crippen LogP contribution is -2.35. The molecule has 2 rings (SSSR count). The highest BCUT2D eigenvalue weighted by Gasteiger charge is 2.40. The summed E-state index contributed by atoms with van der Waals surface area (Å²) in [6, 6.07) is 0.867. The predicted molar refractivity (Wildman–Crippen MR) is 44.6 cm³/mol. The van der Waals surface area contributed by atoms with Crippen molar-refractivity contribution in [1.29, 1.82) is 0 Å². The van der Waals surface area contributed by atoms with E-state index in [1.807, 2.05) is 4.90 Å². The molecule has 0 radical (unpaired) electrons. The van der Waals surface area contributed by atoms with Crippen molar-refractivity contribution in [2.45, 2.75) is 44.2 Å². The van der Waals surface area contributed by atoms with Gasteiger partial charge in [0.05, 0.1) is 0 Å². The van der Waals surface area contributed by atoms with Crippen LogP contribution >= 0.6 is 0 Å². The molecule has 1 N–H and O–H groups in total. The zero-order valence-electron chi connectivity index (χ0n) is 7.20. The second kappa shape index (κ2) is 3.05. The van der Waals surface area contributed by atoms with Crippen molar-refractivity contribution in [2.75, 3.05) is 6.61 Å². The van der Waals surface area contributed by atoms with Gasteiger partial charge in [0.2, 0.25) is 5.91 Å². The van der Waals surface area contributed by atoms with Crippen molar-refractivity contribution in [3.8, 4) is 0 Å². The Kier molecular flexibility index (Phi) is 2.05. The molecule has 3 heteroatoms. The van der Waals surface area contributed by atoms with Crippen LogP contribution in [0.25, 0.3) is 0 Å². The molecule has 1 unspecified atom stereocenters. The van der Waals surface area contributed by atoms with Crippen LogP contribution in [-0.4, -0.2) is 34.6 Å². The van der Waals surface area contributed by atoms with Gasteiger partial charge in [0.1, 0.15) is 0 Å². The van der Waals surface area contributed by atoms with Crippen LogP contribution in [0, 0.1) is 0 Å². The molecule has 0 aromatic heterocycles. The third-order valence-corrected chi connectivity index (χ3v) is 2.78. The van der Waals surface area contributed by atoms with Crippen LogP contribution in [0.5, 0.6) is 0 Å². The summed E-state index contributed by atoms with van der Waals surface area (Å²) < 4.78 is 0. The molecule has 0 bridgehead atoms. The first kappa shape index (κ1) is 8.05. The third kappa shape index (κ3) is 1.33. The number of carbonyl (C=O) groups excluding carboxylic acids is 1. The molecule has 1 saturated carbocycles. The molecule has 68 valence electrons. The maximum Gasteiger partial charge on any atom is 0.223 e. The summed E-state index contributed by atoms with van der Waals surface area (Å²) in [5, 5.41) is 8.79. The zero-order chi connectivity index (χ0) is 8.55. The Balaban J connectivity index is 1.98. The van der Waals surface area contributed by atoms with Crippen molar-refractivity contribution < 1.29 is 9.90 Å². The predicted octanol–water partition coefficient (Wildman–Crippen LogP) is 0.522. The van der Waals surface area contributed by atoms with Crippen LogP contribution < -0.4 is 0 Å². The van der Waals surface area contributed by atoms with E-state index in [2.05, 4.69) is 0 Å². The summed E-state index contributed by atoms with van der Waals surface area (Å²) in [7, 11) is 0. The number of likely N-dealkylation sites (tertiary alicyclic amines) is 1. The number of nitrogens with zero attached hydrogens (tertiary/aromatic N) is 1. The Morgan fingerprint density at radius 3 is 2.75 bits per heavy atom. The first-order valence-electron chi connectivity index (χ1n) is 4.75. The van der Waals surface area contributed by atoms with Gasteiger partial charge in [-0.2, -0.15) is 0 Å². The molecular formula is C9H15NO2. The Bertz CT molecular complexity index is 189. The normalized spacial score (nSPS) is 29.9. The fourth-order valence-electron chi connectivity index (χ4n) is 2.05. The second-order valence-corrected chi connectivity index (χ2v) is 3.74. The van der Waals surface area contributed by atoms with Crippen LogP contribution in [0.15, 0.2) is 0 Å². The Labute approximate surface area is 72.4 Å². The van der Waals surface area contributed by atoms with E-state index >= 15 is 0 Å². The van der Waals surface area contributed by atoms with E-state index in [1.165, 1.54) is 12.8 Å². The van der Waals surface area contributed by atoms with E-state index in [0.29, 0.717) is 24.4 Å². The number of hydrogen-bond acceptors (Lipinski definition) is 2. The molecule has 1 atom stereocenters. The standard InChI is InChI=1S/C9H15NO2/c11-6-5-8-3-4-9(12)10(8)7-1-2-7/h7-8,11H,1-6H2. The smallest absolute Gasteiger partial charge is 0.223 e. The van der Waals surface area contributed by atoms with E-state index in [1.54, 1.807) is 0 Å². The Hall–Kier alpha value is -0.570. The minimum absolute atomic E-state index is 0.209. The first-order valence-corrected chi connectivity index (χ1v) is 4.75. The summed E-state index contributed by atoms with van der Waals surface area (Å²) in [6.45, 7) is 0.209. The Morgan fingerprint density at radius 2 is 2.17 bits per heavy atom. The van der Waals surface area contributed by atoms with Crippen molar-refractivity contribution in [2.24, 2.45) is 0 Å². The summed E-state index contributed by atoms with van der Waals surface area (Å²) in [5.74, 6) is 0.302. The second-order valence-electron chi connectivity index (χ2n) is 3.74. The Morgan fingerprint density at radius 1 is 1.42 bits per heavy atom. The molecular weight excluding hydrogens is 154 g/mol. The van der Waals surface area contributed by atoms with Crippen LogP contribution in [-0.2, 0) is 4.79 Å². The van der Waals surface area contributed by atoms with Crippen LogP contribution in [0.1, 0.15) is 32.1 Å². The summed E-state index contributed by atoms with van der Waals surface area (Å²) in [4.78, 5) is 13.4. The van der Waals surface area contributed by atoms with Gasteiger partial charge in [0.15, 0.2) is 0 Å². The van der Waals surface area contributed by atoms with E-state index in [0.717, 1.165) is 12.8 Å². The SMILES string of the molecule is O=C1CCC(CCO)N1C1CC1. The first-order chi connectivity index (χ1) is 5.83. The van der Waals surface area contributed by atoms with E-state index in [-0.39, 0.29) is 6.61 Å². The van der Waals surface area contributed by atoms with E-state index in [4.69, 9.17) is 5.11 Å². The van der Waals surface area contributed by atoms with Crippen LogP contribution in [0.4, 0.5) is 0 Å². The number of hydrogen-bond donors (Lipinski definition) is 1. The monoisotopic (exact) mass is 169 g/mol. The van der Waals surface area contributed by atoms with E-state index in [9.17, 15) is 4.79 Å². The number of amides is 1. The zero-order valence-corrected chi connectivity index (χ0v) is 7.20. The molecule has 1 saturated heterocycles. The molecule has 1 aliphatic carbocycles. The molecule has 3 nitrogen and oxygen atoms in total. The minimum atomic E-state index is 0.209. The lowest BCUT2D eigenvalue weighted by Gasteiger charge is -2.23. The molecule has 1 amide bonds. The fourth-order valence-corrected chi connectivity index (χ4v) is 2.05. The lowest BCUT2D eigenvalue weighted by atomic mass is 10.1. The van der Waals surface area contributed by atoms with Gasteiger partial charge in [0, 0.05) is 25.1 Å². The van der Waals surface area contributed by atoms with E-state index < -0.39 is 0 Å². The number of aliphatic hydroxyl groups excluding tert-OH is 1. The third-order valence-electron chi connectivity index (χ3n) is 2.78. The number of carbonyl (C=O) groups is 1. The van der Waals surface area contributed by atoms with Gasteiger partial charge in [-0.1, -0.05) is 0 Å². The summed E-state index contributed by atoms with van der Waals surface area (Å²) in [6.07, 6.45) is 4.76. The molecule has 1 heterocycles. The van der Waals surface area contributed by atoms with Gasteiger partial charge >= 0.3 is 0 Å². The largest absolute Gasteiger partial charge is 0.396 e. The summed E-state index contributed by atoms with van der Waals surface area (Å²) >= 11 is 0. The maximum absolute atomic E-state index is 11.4. The molecule has 12 heavy (non-hydrogen) atoms. The summed E-state index contributed by atoms with van der Waals surface area (Å²) in [5.41, 5.74) is 0. The average molecular weight is 169 g/mol. The minimum Gasteiger partial charge on any atom is -0.396 e. The highest BCUT2D eigenvalue weighted by atomic mass is 16.3. The number of rotatable bonds is 3. The van der Waals surface area contributed by atoms with Gasteiger partial charge in [0.25, 0.3) is 0 Å². The fraction of sp³-hybridized carbons (Fsp3) is 0.889. The topological polar surface area (TPSA) is 40.5 Å². The molecule has 2 fully saturated rings. The van der Waals surface area contributed by atoms with Gasteiger partial charge < -0.3 is 10.0 Å². The van der Waals surface area contributed by atoms with Crippen molar-refractivity contribution in [1.82, 2.24) is 4.90 Å². The van der Waals surface area contributed by atoms with Crippen molar-refractivity contribution >= 4 is 5.91 Å². The lowest BCUT2D eigenvalue weighted by molar-refractivity contribution is -0.129. The number of aliphatic hydroxyl groups is 1.